The molecule has 3 N–H and O–H groups in total. The average molecular weight is 293 g/mol. The molecule has 0 saturated heterocycles. The highest BCUT2D eigenvalue weighted by molar-refractivity contribution is 7.90. The van der Waals surface area contributed by atoms with Crippen LogP contribution < -0.4 is 9.44 Å². The standard InChI is InChI=1S/C10H13ClN2O4S/c1-2-5-12-18(16,17)13-9-6-7(11)3-4-8(9)10(14)15/h3-4,6,12-13H,2,5H2,1H3,(H,14,15). The van der Waals surface area contributed by atoms with Gasteiger partial charge < -0.3 is 5.11 Å². The molecule has 0 bridgehead atoms. The molecule has 0 heterocycles. The zero-order valence-electron chi connectivity index (χ0n) is 9.60. The van der Waals surface area contributed by atoms with E-state index < -0.39 is 16.2 Å². The Kier molecular flexibility index (Phi) is 4.94. The molecular formula is C10H13ClN2O4S. The lowest BCUT2D eigenvalue weighted by atomic mass is 10.2. The van der Waals surface area contributed by atoms with Gasteiger partial charge in [-0.1, -0.05) is 18.5 Å². The maximum Gasteiger partial charge on any atom is 0.337 e. The molecule has 6 nitrogen and oxygen atoms in total. The van der Waals surface area contributed by atoms with Crippen molar-refractivity contribution < 1.29 is 18.3 Å². The fourth-order valence-corrected chi connectivity index (χ4v) is 2.38. The second kappa shape index (κ2) is 6.03. The second-order valence-electron chi connectivity index (χ2n) is 3.49. The number of nitrogens with one attached hydrogen (secondary N) is 2. The Balaban J connectivity index is 3.02. The van der Waals surface area contributed by atoms with Gasteiger partial charge in [-0.05, 0) is 24.6 Å². The molecule has 1 rings (SSSR count). The second-order valence-corrected chi connectivity index (χ2v) is 5.43. The normalized spacial score (nSPS) is 11.2. The van der Waals surface area contributed by atoms with Gasteiger partial charge in [0.2, 0.25) is 0 Å². The van der Waals surface area contributed by atoms with Crippen LogP contribution in [0.1, 0.15) is 23.7 Å². The first-order chi connectivity index (χ1) is 8.35. The van der Waals surface area contributed by atoms with Gasteiger partial charge in [0.05, 0.1) is 11.3 Å². The fourth-order valence-electron chi connectivity index (χ4n) is 1.20. The number of carbonyl (C=O) groups is 1. The molecule has 100 valence electrons. The smallest absolute Gasteiger partial charge is 0.337 e. The SMILES string of the molecule is CCCNS(=O)(=O)Nc1cc(Cl)ccc1C(=O)O. The molecule has 1 aromatic carbocycles. The highest BCUT2D eigenvalue weighted by Crippen LogP contribution is 2.21. The zero-order valence-corrected chi connectivity index (χ0v) is 11.2. The number of carboxylic acid groups (broad SMARTS) is 1. The van der Waals surface area contributed by atoms with Crippen LogP contribution in [0.3, 0.4) is 0 Å². The molecule has 0 aliphatic rings. The first-order valence-corrected chi connectivity index (χ1v) is 7.02. The van der Waals surface area contributed by atoms with Crippen molar-refractivity contribution in [2.45, 2.75) is 13.3 Å². The summed E-state index contributed by atoms with van der Waals surface area (Å²) in [5.74, 6) is -1.24. The van der Waals surface area contributed by atoms with E-state index in [0.29, 0.717) is 6.42 Å². The van der Waals surface area contributed by atoms with E-state index in [1.807, 2.05) is 6.92 Å². The molecule has 1 aromatic rings. The van der Waals surface area contributed by atoms with E-state index in [2.05, 4.69) is 9.44 Å². The first-order valence-electron chi connectivity index (χ1n) is 5.16. The highest BCUT2D eigenvalue weighted by Gasteiger charge is 2.15. The predicted octanol–water partition coefficient (Wildman–Crippen LogP) is 1.69. The van der Waals surface area contributed by atoms with E-state index in [1.165, 1.54) is 18.2 Å². The Hall–Kier alpha value is -1.31. The van der Waals surface area contributed by atoms with Crippen LogP contribution in [0, 0.1) is 0 Å². The summed E-state index contributed by atoms with van der Waals surface area (Å²) in [6.07, 6.45) is 0.627. The molecule has 0 spiro atoms. The van der Waals surface area contributed by atoms with Crippen molar-refractivity contribution in [2.75, 3.05) is 11.3 Å². The molecule has 0 aromatic heterocycles. The minimum Gasteiger partial charge on any atom is -0.478 e. The lowest BCUT2D eigenvalue weighted by Gasteiger charge is -2.11. The van der Waals surface area contributed by atoms with Crippen LogP contribution in [0.2, 0.25) is 5.02 Å². The minimum absolute atomic E-state index is 0.0707. The number of aromatic carboxylic acids is 1. The molecule has 0 amide bonds. The summed E-state index contributed by atoms with van der Waals surface area (Å²) in [6.45, 7) is 2.07. The molecule has 8 heteroatoms. The van der Waals surface area contributed by atoms with E-state index in [0.717, 1.165) is 0 Å². The monoisotopic (exact) mass is 292 g/mol. The minimum atomic E-state index is -3.79. The van der Waals surface area contributed by atoms with E-state index in [9.17, 15) is 13.2 Å². The number of hydrogen-bond donors (Lipinski definition) is 3. The van der Waals surface area contributed by atoms with Gasteiger partial charge >= 0.3 is 5.97 Å². The number of benzene rings is 1. The van der Waals surface area contributed by atoms with Gasteiger partial charge in [-0.2, -0.15) is 13.1 Å². The van der Waals surface area contributed by atoms with Crippen LogP contribution in [0.5, 0.6) is 0 Å². The maximum absolute atomic E-state index is 11.6. The zero-order chi connectivity index (χ0) is 13.8. The Labute approximate surface area is 110 Å². The van der Waals surface area contributed by atoms with Gasteiger partial charge in [-0.15, -0.1) is 0 Å². The van der Waals surface area contributed by atoms with E-state index in [4.69, 9.17) is 16.7 Å². The number of halogens is 1. The van der Waals surface area contributed by atoms with Gasteiger partial charge in [-0.3, -0.25) is 4.72 Å². The van der Waals surface area contributed by atoms with Crippen molar-refractivity contribution >= 4 is 33.5 Å². The number of hydrogen-bond acceptors (Lipinski definition) is 3. The fraction of sp³-hybridized carbons (Fsp3) is 0.300. The summed E-state index contributed by atoms with van der Waals surface area (Å²) in [6, 6.07) is 3.86. The van der Waals surface area contributed by atoms with Crippen molar-refractivity contribution in [3.63, 3.8) is 0 Å². The van der Waals surface area contributed by atoms with Crippen LogP contribution in [-0.4, -0.2) is 26.0 Å². The van der Waals surface area contributed by atoms with Crippen molar-refractivity contribution in [1.82, 2.24) is 4.72 Å². The summed E-state index contributed by atoms with van der Waals surface area (Å²) in [7, 11) is -3.79. The lowest BCUT2D eigenvalue weighted by Crippen LogP contribution is -2.31. The van der Waals surface area contributed by atoms with Gasteiger partial charge in [0.1, 0.15) is 0 Å². The van der Waals surface area contributed by atoms with Crippen LogP contribution in [0.25, 0.3) is 0 Å². The maximum atomic E-state index is 11.6. The first kappa shape index (κ1) is 14.7. The molecule has 0 aliphatic carbocycles. The van der Waals surface area contributed by atoms with Crippen molar-refractivity contribution in [3.05, 3.63) is 28.8 Å². The molecule has 0 unspecified atom stereocenters. The predicted molar refractivity (Wildman–Crippen MR) is 69.2 cm³/mol. The average Bonchev–Trinajstić information content (AvgIpc) is 2.25. The molecule has 0 radical (unpaired) electrons. The van der Waals surface area contributed by atoms with Crippen molar-refractivity contribution in [3.8, 4) is 0 Å². The largest absolute Gasteiger partial charge is 0.478 e. The molecule has 0 fully saturated rings. The lowest BCUT2D eigenvalue weighted by molar-refractivity contribution is 0.0698. The molecular weight excluding hydrogens is 280 g/mol. The van der Waals surface area contributed by atoms with E-state index in [1.54, 1.807) is 0 Å². The summed E-state index contributed by atoms with van der Waals surface area (Å²) < 4.78 is 27.6. The number of carboxylic acids is 1. The third-order valence-electron chi connectivity index (χ3n) is 2.00. The topological polar surface area (TPSA) is 95.5 Å². The van der Waals surface area contributed by atoms with E-state index in [-0.39, 0.29) is 22.8 Å². The molecule has 0 saturated carbocycles. The van der Waals surface area contributed by atoms with Crippen LogP contribution in [0.4, 0.5) is 5.69 Å². The van der Waals surface area contributed by atoms with E-state index >= 15 is 0 Å². The summed E-state index contributed by atoms with van der Waals surface area (Å²) in [5.41, 5.74) is -0.236. The van der Waals surface area contributed by atoms with Crippen molar-refractivity contribution in [2.24, 2.45) is 0 Å². The molecule has 0 aliphatic heterocycles. The number of rotatable bonds is 6. The number of anilines is 1. The van der Waals surface area contributed by atoms with Crippen LogP contribution >= 0.6 is 11.6 Å². The molecule has 0 atom stereocenters. The van der Waals surface area contributed by atoms with Crippen molar-refractivity contribution in [1.29, 1.82) is 0 Å². The summed E-state index contributed by atoms with van der Waals surface area (Å²) in [5, 5.41) is 9.17. The quantitative estimate of drug-likeness (QED) is 0.743. The highest BCUT2D eigenvalue weighted by atomic mass is 35.5. The Morgan fingerprint density at radius 3 is 2.67 bits per heavy atom. The Morgan fingerprint density at radius 1 is 1.44 bits per heavy atom. The summed E-state index contributed by atoms with van der Waals surface area (Å²) >= 11 is 5.71. The van der Waals surface area contributed by atoms with Gasteiger partial charge in [-0.25, -0.2) is 4.79 Å². The van der Waals surface area contributed by atoms with Crippen LogP contribution in [0.15, 0.2) is 18.2 Å². The van der Waals surface area contributed by atoms with Gasteiger partial charge in [0.15, 0.2) is 0 Å². The Morgan fingerprint density at radius 2 is 2.11 bits per heavy atom. The molecule has 18 heavy (non-hydrogen) atoms. The van der Waals surface area contributed by atoms with Gasteiger partial charge in [0.25, 0.3) is 10.2 Å². The van der Waals surface area contributed by atoms with Crippen LogP contribution in [-0.2, 0) is 10.2 Å². The third-order valence-corrected chi connectivity index (χ3v) is 3.31. The summed E-state index contributed by atoms with van der Waals surface area (Å²) in [4.78, 5) is 10.9. The van der Waals surface area contributed by atoms with Gasteiger partial charge in [0, 0.05) is 11.6 Å². The Bertz CT molecular complexity index is 545. The third kappa shape index (κ3) is 4.17.